The lowest BCUT2D eigenvalue weighted by molar-refractivity contribution is 0.702. The molecule has 0 radical (unpaired) electrons. The molecule has 84 valence electrons. The minimum atomic E-state index is 0.735. The van der Waals surface area contributed by atoms with E-state index in [1.807, 2.05) is 12.1 Å². The lowest BCUT2D eigenvalue weighted by atomic mass is 10.2. The Balaban J connectivity index is 2.02. The molecule has 2 rings (SSSR count). The summed E-state index contributed by atoms with van der Waals surface area (Å²) in [5, 5.41) is 8.60. The van der Waals surface area contributed by atoms with Gasteiger partial charge >= 0.3 is 0 Å². The summed E-state index contributed by atoms with van der Waals surface area (Å²) >= 11 is 0. The summed E-state index contributed by atoms with van der Waals surface area (Å²) in [7, 11) is 0. The summed E-state index contributed by atoms with van der Waals surface area (Å²) in [5.74, 6) is 0. The van der Waals surface area contributed by atoms with Gasteiger partial charge in [-0.05, 0) is 37.9 Å². The first-order valence-electron chi connectivity index (χ1n) is 5.42. The molecule has 0 aliphatic carbocycles. The summed E-state index contributed by atoms with van der Waals surface area (Å²) in [5.41, 5.74) is 7.38. The van der Waals surface area contributed by atoms with Gasteiger partial charge in [-0.15, -0.1) is 0 Å². The predicted octanol–water partition coefficient (Wildman–Crippen LogP) is 0.944. The van der Waals surface area contributed by atoms with E-state index in [9.17, 15) is 0 Å². The van der Waals surface area contributed by atoms with Crippen LogP contribution in [0.3, 0.4) is 0 Å². The number of hydrogen-bond acceptors (Lipinski definition) is 4. The molecule has 0 amide bonds. The van der Waals surface area contributed by atoms with Crippen molar-refractivity contribution in [3.8, 4) is 5.69 Å². The molecule has 5 heteroatoms. The summed E-state index contributed by atoms with van der Waals surface area (Å²) < 4.78 is 0. The van der Waals surface area contributed by atoms with Crippen molar-refractivity contribution in [2.24, 2.45) is 5.73 Å². The van der Waals surface area contributed by atoms with Gasteiger partial charge in [-0.3, -0.25) is 4.98 Å². The second-order valence-corrected chi connectivity index (χ2v) is 3.58. The van der Waals surface area contributed by atoms with Crippen LogP contribution in [0.4, 0.5) is 0 Å². The summed E-state index contributed by atoms with van der Waals surface area (Å²) in [6.07, 6.45) is 8.28. The second kappa shape index (κ2) is 5.37. The van der Waals surface area contributed by atoms with Crippen molar-refractivity contribution < 1.29 is 0 Å². The highest BCUT2D eigenvalue weighted by atomic mass is 15.5. The van der Waals surface area contributed by atoms with Crippen molar-refractivity contribution in [3.63, 3.8) is 0 Å². The van der Waals surface area contributed by atoms with Gasteiger partial charge in [0.15, 0.2) is 0 Å². The number of hydrogen-bond donors (Lipinski definition) is 1. The van der Waals surface area contributed by atoms with Crippen LogP contribution in [-0.2, 0) is 6.42 Å². The molecule has 2 aromatic heterocycles. The standard InChI is InChI=1S/C11H15N5/c12-6-2-1-3-10-9-14-16(15-10)11-4-7-13-8-5-11/h4-5,7-9H,1-3,6,12H2. The molecular weight excluding hydrogens is 202 g/mol. The average Bonchev–Trinajstić information content (AvgIpc) is 2.79. The number of nitrogens with zero attached hydrogens (tertiary/aromatic N) is 4. The average molecular weight is 217 g/mol. The van der Waals surface area contributed by atoms with E-state index < -0.39 is 0 Å². The zero-order valence-corrected chi connectivity index (χ0v) is 9.08. The Labute approximate surface area is 94.3 Å². The van der Waals surface area contributed by atoms with E-state index >= 15 is 0 Å². The number of unbranched alkanes of at least 4 members (excludes halogenated alkanes) is 1. The first kappa shape index (κ1) is 10.8. The number of aromatic nitrogens is 4. The second-order valence-electron chi connectivity index (χ2n) is 3.58. The quantitative estimate of drug-likeness (QED) is 0.757. The molecule has 0 aromatic carbocycles. The Morgan fingerprint density at radius 2 is 2.00 bits per heavy atom. The third kappa shape index (κ3) is 2.64. The van der Waals surface area contributed by atoms with Gasteiger partial charge in [0.1, 0.15) is 0 Å². The Morgan fingerprint density at radius 1 is 1.19 bits per heavy atom. The maximum absolute atomic E-state index is 5.44. The molecule has 16 heavy (non-hydrogen) atoms. The highest BCUT2D eigenvalue weighted by Crippen LogP contribution is 2.05. The fourth-order valence-corrected chi connectivity index (χ4v) is 1.46. The fraction of sp³-hybridized carbons (Fsp3) is 0.364. The van der Waals surface area contributed by atoms with E-state index in [4.69, 9.17) is 5.73 Å². The molecule has 2 N–H and O–H groups in total. The molecule has 5 nitrogen and oxygen atoms in total. The highest BCUT2D eigenvalue weighted by molar-refractivity contribution is 5.25. The van der Waals surface area contributed by atoms with Crippen molar-refractivity contribution >= 4 is 0 Å². The molecule has 0 spiro atoms. The lowest BCUT2D eigenvalue weighted by Crippen LogP contribution is -2.01. The van der Waals surface area contributed by atoms with E-state index in [2.05, 4.69) is 15.2 Å². The number of pyridine rings is 1. The molecule has 0 atom stereocenters. The van der Waals surface area contributed by atoms with Crippen LogP contribution in [0.25, 0.3) is 5.69 Å². The Kier molecular flexibility index (Phi) is 3.61. The molecule has 0 fully saturated rings. The molecule has 2 aromatic rings. The normalized spacial score (nSPS) is 10.6. The fourth-order valence-electron chi connectivity index (χ4n) is 1.46. The van der Waals surface area contributed by atoms with Crippen molar-refractivity contribution in [1.82, 2.24) is 20.0 Å². The zero-order valence-electron chi connectivity index (χ0n) is 9.08. The van der Waals surface area contributed by atoms with Gasteiger partial charge in [0.25, 0.3) is 0 Å². The first-order valence-corrected chi connectivity index (χ1v) is 5.42. The van der Waals surface area contributed by atoms with Crippen LogP contribution in [0.5, 0.6) is 0 Å². The van der Waals surface area contributed by atoms with E-state index in [-0.39, 0.29) is 0 Å². The van der Waals surface area contributed by atoms with Crippen LogP contribution in [0.15, 0.2) is 30.7 Å². The van der Waals surface area contributed by atoms with Crippen molar-refractivity contribution in [1.29, 1.82) is 0 Å². The highest BCUT2D eigenvalue weighted by Gasteiger charge is 2.01. The predicted molar refractivity (Wildman–Crippen MR) is 61.1 cm³/mol. The third-order valence-corrected chi connectivity index (χ3v) is 2.32. The number of rotatable bonds is 5. The van der Waals surface area contributed by atoms with Crippen LogP contribution < -0.4 is 5.73 Å². The SMILES string of the molecule is NCCCCc1cnn(-c2ccncc2)n1. The zero-order chi connectivity index (χ0) is 11.2. The minimum Gasteiger partial charge on any atom is -0.330 e. The van der Waals surface area contributed by atoms with Gasteiger partial charge in [-0.2, -0.15) is 15.0 Å². The molecule has 0 bridgehead atoms. The van der Waals surface area contributed by atoms with E-state index in [1.165, 1.54) is 0 Å². The van der Waals surface area contributed by atoms with E-state index in [1.54, 1.807) is 23.4 Å². The topological polar surface area (TPSA) is 69.6 Å². The molecule has 0 unspecified atom stereocenters. The van der Waals surface area contributed by atoms with Gasteiger partial charge in [0, 0.05) is 12.4 Å². The Morgan fingerprint density at radius 3 is 2.75 bits per heavy atom. The maximum atomic E-state index is 5.44. The van der Waals surface area contributed by atoms with Crippen LogP contribution in [0, 0.1) is 0 Å². The van der Waals surface area contributed by atoms with Gasteiger partial charge in [-0.1, -0.05) is 0 Å². The summed E-state index contributed by atoms with van der Waals surface area (Å²) in [6.45, 7) is 0.735. The smallest absolute Gasteiger partial charge is 0.0887 e. The number of aryl methyl sites for hydroxylation is 1. The molecule has 2 heterocycles. The number of nitrogens with two attached hydrogens (primary N) is 1. The molecule has 0 saturated heterocycles. The van der Waals surface area contributed by atoms with Crippen LogP contribution in [0.2, 0.25) is 0 Å². The van der Waals surface area contributed by atoms with Gasteiger partial charge < -0.3 is 5.73 Å². The Hall–Kier alpha value is -1.75. The molecule has 0 aliphatic heterocycles. The van der Waals surface area contributed by atoms with Crippen molar-refractivity contribution in [2.45, 2.75) is 19.3 Å². The largest absolute Gasteiger partial charge is 0.330 e. The maximum Gasteiger partial charge on any atom is 0.0887 e. The van der Waals surface area contributed by atoms with E-state index in [0.717, 1.165) is 37.2 Å². The van der Waals surface area contributed by atoms with Crippen molar-refractivity contribution in [3.05, 3.63) is 36.4 Å². The Bertz CT molecular complexity index is 423. The van der Waals surface area contributed by atoms with Gasteiger partial charge in [0.05, 0.1) is 17.6 Å². The minimum absolute atomic E-state index is 0.735. The van der Waals surface area contributed by atoms with Crippen LogP contribution in [-0.4, -0.2) is 26.5 Å². The first-order chi connectivity index (χ1) is 7.90. The lowest BCUT2D eigenvalue weighted by Gasteiger charge is -1.97. The summed E-state index contributed by atoms with van der Waals surface area (Å²) in [4.78, 5) is 5.58. The molecule has 0 saturated carbocycles. The third-order valence-electron chi connectivity index (χ3n) is 2.32. The van der Waals surface area contributed by atoms with Gasteiger partial charge in [0.2, 0.25) is 0 Å². The monoisotopic (exact) mass is 217 g/mol. The van der Waals surface area contributed by atoms with Crippen LogP contribution >= 0.6 is 0 Å². The van der Waals surface area contributed by atoms with E-state index in [0.29, 0.717) is 0 Å². The molecular formula is C11H15N5. The van der Waals surface area contributed by atoms with Crippen LogP contribution in [0.1, 0.15) is 18.5 Å². The molecule has 0 aliphatic rings. The van der Waals surface area contributed by atoms with Gasteiger partial charge in [-0.25, -0.2) is 0 Å². The summed E-state index contributed by atoms with van der Waals surface area (Å²) in [6, 6.07) is 3.76. The van der Waals surface area contributed by atoms with Crippen molar-refractivity contribution in [2.75, 3.05) is 6.54 Å².